The van der Waals surface area contributed by atoms with Gasteiger partial charge in [-0.05, 0) is 44.4 Å². The van der Waals surface area contributed by atoms with Crippen molar-refractivity contribution in [2.24, 2.45) is 11.8 Å². The molecule has 1 aromatic rings. The lowest BCUT2D eigenvalue weighted by Gasteiger charge is -2.37. The number of carbonyl (C=O) groups excluding carboxylic acids is 1. The van der Waals surface area contributed by atoms with E-state index < -0.39 is 0 Å². The Hall–Kier alpha value is -2.12. The van der Waals surface area contributed by atoms with Gasteiger partial charge < -0.3 is 19.4 Å². The highest BCUT2D eigenvalue weighted by Crippen LogP contribution is 2.27. The van der Waals surface area contributed by atoms with E-state index in [1.54, 1.807) is 7.11 Å². The minimum absolute atomic E-state index is 0.125. The Bertz CT molecular complexity index is 714. The Labute approximate surface area is 180 Å². The minimum atomic E-state index is 0.125. The van der Waals surface area contributed by atoms with E-state index in [1.165, 1.54) is 32.1 Å². The first kappa shape index (κ1) is 21.1. The van der Waals surface area contributed by atoms with Crippen LogP contribution in [0.3, 0.4) is 0 Å². The maximum atomic E-state index is 13.0. The molecule has 4 rings (SSSR count). The van der Waals surface area contributed by atoms with E-state index in [1.807, 2.05) is 0 Å². The largest absolute Gasteiger partial charge is 0.467 e. The molecule has 0 radical (unpaired) electrons. The zero-order valence-corrected chi connectivity index (χ0v) is 18.6. The Balaban J connectivity index is 1.41. The van der Waals surface area contributed by atoms with Crippen LogP contribution in [-0.2, 0) is 4.79 Å². The van der Waals surface area contributed by atoms with E-state index >= 15 is 0 Å². The standard InChI is InChI=1S/C22H36N6O2/c1-17-8-7-13-28(16-17)19(29)18-9-14-27(15-10-18)21-23-20(24-22(25-21)30-2)26-11-5-3-4-6-12-26/h17-18H,3-16H2,1-2H3. The van der Waals surface area contributed by atoms with Crippen LogP contribution < -0.4 is 14.5 Å². The summed E-state index contributed by atoms with van der Waals surface area (Å²) in [7, 11) is 1.61. The van der Waals surface area contributed by atoms with E-state index in [9.17, 15) is 4.79 Å². The van der Waals surface area contributed by atoms with E-state index in [4.69, 9.17) is 9.72 Å². The minimum Gasteiger partial charge on any atom is -0.467 e. The number of ether oxygens (including phenoxy) is 1. The molecule has 0 bridgehead atoms. The molecule has 1 aromatic heterocycles. The van der Waals surface area contributed by atoms with Crippen LogP contribution in [-0.4, -0.2) is 72.1 Å². The lowest BCUT2D eigenvalue weighted by Crippen LogP contribution is -2.46. The fraction of sp³-hybridized carbons (Fsp3) is 0.818. The molecule has 1 unspecified atom stereocenters. The van der Waals surface area contributed by atoms with Crippen LogP contribution in [0, 0.1) is 11.8 Å². The lowest BCUT2D eigenvalue weighted by molar-refractivity contribution is -0.137. The number of nitrogens with zero attached hydrogens (tertiary/aromatic N) is 6. The predicted molar refractivity (Wildman–Crippen MR) is 117 cm³/mol. The van der Waals surface area contributed by atoms with Gasteiger partial charge in [0.1, 0.15) is 0 Å². The number of hydrogen-bond acceptors (Lipinski definition) is 7. The second-order valence-electron chi connectivity index (χ2n) is 9.12. The van der Waals surface area contributed by atoms with Crippen LogP contribution in [0.2, 0.25) is 0 Å². The van der Waals surface area contributed by atoms with Gasteiger partial charge in [0.2, 0.25) is 17.8 Å². The van der Waals surface area contributed by atoms with E-state index in [2.05, 4.69) is 31.6 Å². The summed E-state index contributed by atoms with van der Waals surface area (Å²) >= 11 is 0. The molecule has 0 spiro atoms. The van der Waals surface area contributed by atoms with Crippen LogP contribution in [0.4, 0.5) is 11.9 Å². The van der Waals surface area contributed by atoms with Crippen molar-refractivity contribution in [2.45, 2.75) is 58.3 Å². The number of amides is 1. The molecule has 3 aliphatic rings. The molecule has 3 fully saturated rings. The second kappa shape index (κ2) is 9.79. The van der Waals surface area contributed by atoms with Gasteiger partial charge in [0.15, 0.2) is 0 Å². The fourth-order valence-electron chi connectivity index (χ4n) is 4.95. The number of hydrogen-bond donors (Lipinski definition) is 0. The van der Waals surface area contributed by atoms with Gasteiger partial charge in [-0.3, -0.25) is 4.79 Å². The zero-order chi connectivity index (χ0) is 20.9. The molecule has 1 atom stereocenters. The highest BCUT2D eigenvalue weighted by molar-refractivity contribution is 5.79. The van der Waals surface area contributed by atoms with Gasteiger partial charge in [0.25, 0.3) is 0 Å². The summed E-state index contributed by atoms with van der Waals surface area (Å²) in [5.41, 5.74) is 0. The topological polar surface area (TPSA) is 74.7 Å². The maximum Gasteiger partial charge on any atom is 0.322 e. The normalized spacial score (nSPS) is 23.9. The van der Waals surface area contributed by atoms with E-state index in [0.29, 0.717) is 23.8 Å². The van der Waals surface area contributed by atoms with Gasteiger partial charge in [-0.15, -0.1) is 0 Å². The number of piperidine rings is 2. The monoisotopic (exact) mass is 416 g/mol. The van der Waals surface area contributed by atoms with E-state index in [-0.39, 0.29) is 5.92 Å². The fourth-order valence-corrected chi connectivity index (χ4v) is 4.95. The number of rotatable bonds is 4. The Morgan fingerprint density at radius 2 is 1.47 bits per heavy atom. The third kappa shape index (κ3) is 4.95. The number of aromatic nitrogens is 3. The van der Waals surface area contributed by atoms with Crippen LogP contribution in [0.25, 0.3) is 0 Å². The second-order valence-corrected chi connectivity index (χ2v) is 9.12. The molecular weight excluding hydrogens is 380 g/mol. The van der Waals surface area contributed by atoms with Crippen molar-refractivity contribution in [3.8, 4) is 6.01 Å². The van der Waals surface area contributed by atoms with Gasteiger partial charge in [0.05, 0.1) is 7.11 Å². The molecule has 0 saturated carbocycles. The summed E-state index contributed by atoms with van der Waals surface area (Å²) in [6.45, 7) is 7.65. The van der Waals surface area contributed by atoms with Gasteiger partial charge >= 0.3 is 6.01 Å². The first-order valence-corrected chi connectivity index (χ1v) is 11.7. The van der Waals surface area contributed by atoms with Crippen molar-refractivity contribution in [1.82, 2.24) is 19.9 Å². The molecule has 8 nitrogen and oxygen atoms in total. The van der Waals surface area contributed by atoms with Gasteiger partial charge in [-0.1, -0.05) is 19.8 Å². The summed E-state index contributed by atoms with van der Waals surface area (Å²) in [5.74, 6) is 2.50. The summed E-state index contributed by atoms with van der Waals surface area (Å²) in [6, 6.07) is 0.375. The predicted octanol–water partition coefficient (Wildman–Crippen LogP) is 2.74. The number of methoxy groups -OCH3 is 1. The number of carbonyl (C=O) groups is 1. The lowest BCUT2D eigenvalue weighted by atomic mass is 9.93. The third-order valence-corrected chi connectivity index (χ3v) is 6.76. The molecule has 8 heteroatoms. The maximum absolute atomic E-state index is 13.0. The molecular formula is C22H36N6O2. The first-order valence-electron chi connectivity index (χ1n) is 11.7. The van der Waals surface area contributed by atoms with Crippen LogP contribution in [0.1, 0.15) is 58.3 Å². The smallest absolute Gasteiger partial charge is 0.322 e. The van der Waals surface area contributed by atoms with Gasteiger partial charge in [-0.25, -0.2) is 0 Å². The SMILES string of the molecule is COc1nc(N2CCCCCC2)nc(N2CCC(C(=O)N3CCCC(C)C3)CC2)n1. The Morgan fingerprint density at radius 1 is 0.833 bits per heavy atom. The van der Waals surface area contributed by atoms with Gasteiger partial charge in [-0.2, -0.15) is 15.0 Å². The van der Waals surface area contributed by atoms with Crippen molar-refractivity contribution in [3.05, 3.63) is 0 Å². The van der Waals surface area contributed by atoms with Crippen molar-refractivity contribution in [3.63, 3.8) is 0 Å². The van der Waals surface area contributed by atoms with Crippen molar-refractivity contribution in [2.75, 3.05) is 56.2 Å². The molecule has 166 valence electrons. The number of anilines is 2. The Kier molecular flexibility index (Phi) is 6.89. The average Bonchev–Trinajstić information content (AvgIpc) is 3.08. The highest BCUT2D eigenvalue weighted by atomic mass is 16.5. The van der Waals surface area contributed by atoms with Crippen molar-refractivity contribution in [1.29, 1.82) is 0 Å². The van der Waals surface area contributed by atoms with Crippen LogP contribution >= 0.6 is 0 Å². The summed E-state index contributed by atoms with van der Waals surface area (Å²) in [4.78, 5) is 33.4. The molecule has 30 heavy (non-hydrogen) atoms. The summed E-state index contributed by atoms with van der Waals surface area (Å²) < 4.78 is 5.38. The van der Waals surface area contributed by atoms with Gasteiger partial charge in [0, 0.05) is 45.2 Å². The van der Waals surface area contributed by atoms with E-state index in [0.717, 1.165) is 64.5 Å². The molecule has 3 aliphatic heterocycles. The molecule has 4 heterocycles. The number of likely N-dealkylation sites (tertiary alicyclic amines) is 1. The molecule has 0 aliphatic carbocycles. The summed E-state index contributed by atoms with van der Waals surface area (Å²) in [6.07, 6.45) is 8.97. The van der Waals surface area contributed by atoms with Crippen LogP contribution in [0.5, 0.6) is 6.01 Å². The zero-order valence-electron chi connectivity index (χ0n) is 18.6. The average molecular weight is 417 g/mol. The molecule has 0 aromatic carbocycles. The highest BCUT2D eigenvalue weighted by Gasteiger charge is 2.31. The quantitative estimate of drug-likeness (QED) is 0.747. The summed E-state index contributed by atoms with van der Waals surface area (Å²) in [5, 5.41) is 0. The van der Waals surface area contributed by atoms with Crippen molar-refractivity contribution >= 4 is 17.8 Å². The first-order chi connectivity index (χ1) is 14.6. The molecule has 0 N–H and O–H groups in total. The molecule has 1 amide bonds. The molecule has 3 saturated heterocycles. The van der Waals surface area contributed by atoms with Crippen molar-refractivity contribution < 1.29 is 9.53 Å². The third-order valence-electron chi connectivity index (χ3n) is 6.76. The Morgan fingerprint density at radius 3 is 2.07 bits per heavy atom. The van der Waals surface area contributed by atoms with Crippen LogP contribution in [0.15, 0.2) is 0 Å².